The van der Waals surface area contributed by atoms with Gasteiger partial charge in [0, 0.05) is 37.8 Å². The molecule has 0 radical (unpaired) electrons. The largest absolute Gasteiger partial charge is 0.494 e. The van der Waals surface area contributed by atoms with Crippen LogP contribution >= 0.6 is 0 Å². The van der Waals surface area contributed by atoms with Crippen LogP contribution in [-0.2, 0) is 11.2 Å². The van der Waals surface area contributed by atoms with Crippen LogP contribution in [-0.4, -0.2) is 71.5 Å². The number of aromatic nitrogens is 2. The summed E-state index contributed by atoms with van der Waals surface area (Å²) in [6, 6.07) is 9.12. The van der Waals surface area contributed by atoms with Crippen LogP contribution < -0.4 is 9.47 Å². The van der Waals surface area contributed by atoms with Crippen molar-refractivity contribution in [2.24, 2.45) is 5.92 Å². The average Bonchev–Trinajstić information content (AvgIpc) is 2.89. The molecular weight excluding hydrogens is 432 g/mol. The Morgan fingerprint density at radius 1 is 1.00 bits per heavy atom. The Labute approximate surface area is 201 Å². The minimum absolute atomic E-state index is 0.0128. The van der Waals surface area contributed by atoms with Gasteiger partial charge in [-0.05, 0) is 30.5 Å². The highest BCUT2D eigenvalue weighted by atomic mass is 16.5. The van der Waals surface area contributed by atoms with Gasteiger partial charge in [0.15, 0.2) is 0 Å². The molecule has 2 aliphatic rings. The molecule has 1 aromatic carbocycles. The number of hydrogen-bond donors (Lipinski definition) is 0. The molecule has 4 rings (SSSR count). The molecule has 0 N–H and O–H groups in total. The van der Waals surface area contributed by atoms with E-state index in [2.05, 4.69) is 9.97 Å². The number of carbonyl (C=O) groups excluding carboxylic acids is 2. The molecule has 2 amide bonds. The molecular formula is C26H34N4O4. The van der Waals surface area contributed by atoms with E-state index in [0.29, 0.717) is 49.9 Å². The molecule has 1 aromatic heterocycles. The SMILES string of the molecule is COc1cc(CC(=O)N2CCN(C(=O)c3cccc(OCCC4CCCCC4)c3)CC2)ncn1. The first-order chi connectivity index (χ1) is 16.6. The molecule has 0 unspecified atom stereocenters. The Morgan fingerprint density at radius 2 is 1.76 bits per heavy atom. The van der Waals surface area contributed by atoms with Gasteiger partial charge in [0.2, 0.25) is 11.8 Å². The molecule has 34 heavy (non-hydrogen) atoms. The Kier molecular flexibility index (Phi) is 8.33. The van der Waals surface area contributed by atoms with Gasteiger partial charge >= 0.3 is 0 Å². The Balaban J connectivity index is 1.25. The average molecular weight is 467 g/mol. The van der Waals surface area contributed by atoms with Crippen LogP contribution in [0.2, 0.25) is 0 Å². The van der Waals surface area contributed by atoms with Crippen LogP contribution in [0.15, 0.2) is 36.7 Å². The standard InChI is InChI=1S/C26H34N4O4/c1-33-24-17-22(27-19-28-24)18-25(31)29-11-13-30(14-12-29)26(32)21-8-5-9-23(16-21)34-15-10-20-6-3-2-4-7-20/h5,8-9,16-17,19-20H,2-4,6-7,10-15,18H2,1H3. The van der Waals surface area contributed by atoms with Crippen LogP contribution in [0.25, 0.3) is 0 Å². The van der Waals surface area contributed by atoms with Crippen molar-refractivity contribution in [2.75, 3.05) is 39.9 Å². The number of rotatable bonds is 8. The molecule has 2 aromatic rings. The molecule has 0 bridgehead atoms. The molecule has 1 saturated heterocycles. The number of hydrogen-bond acceptors (Lipinski definition) is 6. The monoisotopic (exact) mass is 466 g/mol. The molecule has 1 aliphatic heterocycles. The van der Waals surface area contributed by atoms with Gasteiger partial charge in [0.05, 0.1) is 25.8 Å². The Hall–Kier alpha value is -3.16. The second-order valence-electron chi connectivity index (χ2n) is 9.07. The van der Waals surface area contributed by atoms with Crippen LogP contribution in [0.1, 0.15) is 54.6 Å². The zero-order chi connectivity index (χ0) is 23.8. The van der Waals surface area contributed by atoms with Gasteiger partial charge in [0.25, 0.3) is 5.91 Å². The second kappa shape index (κ2) is 11.8. The maximum Gasteiger partial charge on any atom is 0.254 e. The zero-order valence-electron chi connectivity index (χ0n) is 19.9. The molecule has 1 aliphatic carbocycles. The Bertz CT molecular complexity index is 969. The van der Waals surface area contributed by atoms with Crippen LogP contribution in [0.3, 0.4) is 0 Å². The second-order valence-corrected chi connectivity index (χ2v) is 9.07. The number of carbonyl (C=O) groups is 2. The van der Waals surface area contributed by atoms with Crippen LogP contribution in [0.5, 0.6) is 11.6 Å². The molecule has 182 valence electrons. The third-order valence-corrected chi connectivity index (χ3v) is 6.76. The minimum atomic E-state index is -0.0228. The maximum atomic E-state index is 13.0. The smallest absolute Gasteiger partial charge is 0.254 e. The van der Waals surface area contributed by atoms with E-state index in [4.69, 9.17) is 9.47 Å². The molecule has 2 heterocycles. The fourth-order valence-electron chi connectivity index (χ4n) is 4.73. The molecule has 0 spiro atoms. The minimum Gasteiger partial charge on any atom is -0.494 e. The fourth-order valence-corrected chi connectivity index (χ4v) is 4.73. The topological polar surface area (TPSA) is 84.9 Å². The Morgan fingerprint density at radius 3 is 2.53 bits per heavy atom. The molecule has 0 atom stereocenters. The van der Waals surface area contributed by atoms with Gasteiger partial charge in [-0.15, -0.1) is 0 Å². The summed E-state index contributed by atoms with van der Waals surface area (Å²) in [5.41, 5.74) is 1.25. The lowest BCUT2D eigenvalue weighted by Crippen LogP contribution is -2.51. The van der Waals surface area contributed by atoms with Crippen molar-refractivity contribution in [1.29, 1.82) is 0 Å². The quantitative estimate of drug-likeness (QED) is 0.593. The van der Waals surface area contributed by atoms with Crippen molar-refractivity contribution in [3.8, 4) is 11.6 Å². The number of methoxy groups -OCH3 is 1. The van der Waals surface area contributed by atoms with E-state index < -0.39 is 0 Å². The maximum absolute atomic E-state index is 13.0. The van der Waals surface area contributed by atoms with E-state index in [9.17, 15) is 9.59 Å². The summed E-state index contributed by atoms with van der Waals surface area (Å²) < 4.78 is 11.1. The summed E-state index contributed by atoms with van der Waals surface area (Å²) in [6.45, 7) is 2.71. The third kappa shape index (κ3) is 6.46. The normalized spacial score (nSPS) is 16.9. The van der Waals surface area contributed by atoms with Gasteiger partial charge in [-0.2, -0.15) is 0 Å². The first-order valence-electron chi connectivity index (χ1n) is 12.3. The highest BCUT2D eigenvalue weighted by Crippen LogP contribution is 2.26. The van der Waals surface area contributed by atoms with E-state index in [1.807, 2.05) is 24.3 Å². The first-order valence-corrected chi connectivity index (χ1v) is 12.3. The third-order valence-electron chi connectivity index (χ3n) is 6.76. The summed E-state index contributed by atoms with van der Waals surface area (Å²) in [5.74, 6) is 1.92. The van der Waals surface area contributed by atoms with Gasteiger partial charge in [-0.1, -0.05) is 38.2 Å². The van der Waals surface area contributed by atoms with Crippen molar-refractivity contribution in [1.82, 2.24) is 19.8 Å². The van der Waals surface area contributed by atoms with Crippen molar-refractivity contribution in [3.05, 3.63) is 47.9 Å². The molecule has 1 saturated carbocycles. The lowest BCUT2D eigenvalue weighted by molar-refractivity contribution is -0.132. The highest BCUT2D eigenvalue weighted by molar-refractivity contribution is 5.94. The molecule has 2 fully saturated rings. The summed E-state index contributed by atoms with van der Waals surface area (Å²) >= 11 is 0. The summed E-state index contributed by atoms with van der Waals surface area (Å²) in [5, 5.41) is 0. The predicted octanol–water partition coefficient (Wildman–Crippen LogP) is 3.36. The number of ether oxygens (including phenoxy) is 2. The van der Waals surface area contributed by atoms with E-state index >= 15 is 0 Å². The molecule has 8 heteroatoms. The summed E-state index contributed by atoms with van der Waals surface area (Å²) in [4.78, 5) is 37.4. The summed E-state index contributed by atoms with van der Waals surface area (Å²) in [7, 11) is 1.53. The fraction of sp³-hybridized carbons (Fsp3) is 0.538. The van der Waals surface area contributed by atoms with E-state index in [-0.39, 0.29) is 18.2 Å². The van der Waals surface area contributed by atoms with Crippen molar-refractivity contribution < 1.29 is 19.1 Å². The molecule has 8 nitrogen and oxygen atoms in total. The van der Waals surface area contributed by atoms with Crippen LogP contribution in [0.4, 0.5) is 0 Å². The first kappa shape index (κ1) is 24.0. The summed E-state index contributed by atoms with van der Waals surface area (Å²) in [6.07, 6.45) is 9.31. The van der Waals surface area contributed by atoms with Crippen molar-refractivity contribution in [3.63, 3.8) is 0 Å². The van der Waals surface area contributed by atoms with E-state index in [1.54, 1.807) is 15.9 Å². The lowest BCUT2D eigenvalue weighted by Gasteiger charge is -2.35. The highest BCUT2D eigenvalue weighted by Gasteiger charge is 2.25. The number of amides is 2. The van der Waals surface area contributed by atoms with Gasteiger partial charge in [0.1, 0.15) is 12.1 Å². The van der Waals surface area contributed by atoms with Crippen molar-refractivity contribution in [2.45, 2.75) is 44.9 Å². The van der Waals surface area contributed by atoms with Gasteiger partial charge < -0.3 is 19.3 Å². The lowest BCUT2D eigenvalue weighted by atomic mass is 9.87. The number of piperazine rings is 1. The van der Waals surface area contributed by atoms with E-state index in [1.165, 1.54) is 45.5 Å². The van der Waals surface area contributed by atoms with Crippen molar-refractivity contribution >= 4 is 11.8 Å². The van der Waals surface area contributed by atoms with E-state index in [0.717, 1.165) is 18.1 Å². The van der Waals surface area contributed by atoms with Crippen LogP contribution in [0, 0.1) is 5.92 Å². The number of nitrogens with zero attached hydrogens (tertiary/aromatic N) is 4. The number of benzene rings is 1. The van der Waals surface area contributed by atoms with Gasteiger partial charge in [-0.25, -0.2) is 9.97 Å². The zero-order valence-corrected chi connectivity index (χ0v) is 19.9. The predicted molar refractivity (Wildman–Crippen MR) is 128 cm³/mol. The van der Waals surface area contributed by atoms with Gasteiger partial charge in [-0.3, -0.25) is 9.59 Å².